The fraction of sp³-hybridized carbons (Fsp3) is 1.00. The molecule has 0 amide bonds. The van der Waals surface area contributed by atoms with Crippen LogP contribution in [0.15, 0.2) is 0 Å². The third-order valence-electron chi connectivity index (χ3n) is 4.42. The van der Waals surface area contributed by atoms with E-state index in [9.17, 15) is 5.11 Å². The largest absolute Gasteiger partial charge is 0.388 e. The number of nitrogens with two attached hydrogens (primary N) is 1. The number of likely N-dealkylation sites (tertiary alicyclic amines) is 1. The summed E-state index contributed by atoms with van der Waals surface area (Å²) in [5, 5.41) is 9.95. The van der Waals surface area contributed by atoms with Gasteiger partial charge in [-0.25, -0.2) is 0 Å². The number of piperidine rings is 1. The van der Waals surface area contributed by atoms with Crippen molar-refractivity contribution in [2.24, 2.45) is 11.1 Å². The summed E-state index contributed by atoms with van der Waals surface area (Å²) in [5.41, 5.74) is 5.39. The van der Waals surface area contributed by atoms with E-state index in [0.717, 1.165) is 13.1 Å². The molecule has 1 atom stereocenters. The zero-order valence-corrected chi connectivity index (χ0v) is 11.1. The SMILES string of the molecule is CCC1(CC)CCN(CC(C)(O)CN)CC1. The lowest BCUT2D eigenvalue weighted by atomic mass is 9.74. The van der Waals surface area contributed by atoms with Gasteiger partial charge in [0.05, 0.1) is 5.60 Å². The second kappa shape index (κ2) is 5.48. The molecule has 3 heteroatoms. The van der Waals surface area contributed by atoms with E-state index in [0.29, 0.717) is 18.5 Å². The van der Waals surface area contributed by atoms with Gasteiger partial charge in [0.25, 0.3) is 0 Å². The Morgan fingerprint density at radius 2 is 1.75 bits per heavy atom. The van der Waals surface area contributed by atoms with Gasteiger partial charge in [0.15, 0.2) is 0 Å². The van der Waals surface area contributed by atoms with Gasteiger partial charge in [-0.05, 0) is 38.3 Å². The van der Waals surface area contributed by atoms with Crippen molar-refractivity contribution in [3.8, 4) is 0 Å². The number of hydrogen-bond donors (Lipinski definition) is 2. The van der Waals surface area contributed by atoms with Crippen LogP contribution >= 0.6 is 0 Å². The molecule has 0 spiro atoms. The Labute approximate surface area is 100 Å². The smallest absolute Gasteiger partial charge is 0.0867 e. The molecular weight excluding hydrogens is 200 g/mol. The van der Waals surface area contributed by atoms with E-state index in [1.807, 2.05) is 6.92 Å². The molecule has 1 aliphatic rings. The molecule has 0 aliphatic carbocycles. The third kappa shape index (κ3) is 3.44. The normalized spacial score (nSPS) is 25.3. The molecule has 1 fully saturated rings. The van der Waals surface area contributed by atoms with Crippen molar-refractivity contribution in [1.82, 2.24) is 4.90 Å². The Morgan fingerprint density at radius 1 is 1.25 bits per heavy atom. The summed E-state index contributed by atoms with van der Waals surface area (Å²) < 4.78 is 0. The predicted molar refractivity (Wildman–Crippen MR) is 68.4 cm³/mol. The molecular formula is C13H28N2O. The van der Waals surface area contributed by atoms with Crippen molar-refractivity contribution >= 4 is 0 Å². The number of nitrogens with zero attached hydrogens (tertiary/aromatic N) is 1. The fourth-order valence-corrected chi connectivity index (χ4v) is 2.69. The molecule has 1 unspecified atom stereocenters. The van der Waals surface area contributed by atoms with Crippen molar-refractivity contribution in [3.05, 3.63) is 0 Å². The summed E-state index contributed by atoms with van der Waals surface area (Å²) in [5.74, 6) is 0. The van der Waals surface area contributed by atoms with E-state index in [1.165, 1.54) is 25.7 Å². The van der Waals surface area contributed by atoms with Crippen LogP contribution in [0.4, 0.5) is 0 Å². The molecule has 0 saturated carbocycles. The highest BCUT2D eigenvalue weighted by atomic mass is 16.3. The topological polar surface area (TPSA) is 49.5 Å². The van der Waals surface area contributed by atoms with Gasteiger partial charge in [-0.15, -0.1) is 0 Å². The Kier molecular flexibility index (Phi) is 4.77. The number of hydrogen-bond acceptors (Lipinski definition) is 3. The van der Waals surface area contributed by atoms with Crippen molar-refractivity contribution in [1.29, 1.82) is 0 Å². The van der Waals surface area contributed by atoms with E-state index < -0.39 is 5.60 Å². The molecule has 0 aromatic carbocycles. The standard InChI is InChI=1S/C13H28N2O/c1-4-13(5-2)6-8-15(9-7-13)11-12(3,16)10-14/h16H,4-11,14H2,1-3H3. The second-order valence-corrected chi connectivity index (χ2v) is 5.68. The first kappa shape index (κ1) is 13.9. The Morgan fingerprint density at radius 3 is 2.12 bits per heavy atom. The first-order valence-electron chi connectivity index (χ1n) is 6.62. The van der Waals surface area contributed by atoms with Crippen LogP contribution in [0.3, 0.4) is 0 Å². The lowest BCUT2D eigenvalue weighted by molar-refractivity contribution is 0.00198. The maximum absolute atomic E-state index is 9.95. The minimum absolute atomic E-state index is 0.343. The van der Waals surface area contributed by atoms with Crippen molar-refractivity contribution < 1.29 is 5.11 Å². The summed E-state index contributed by atoms with van der Waals surface area (Å²) in [7, 11) is 0. The Bertz CT molecular complexity index is 202. The van der Waals surface area contributed by atoms with Crippen LogP contribution in [-0.2, 0) is 0 Å². The lowest BCUT2D eigenvalue weighted by Crippen LogP contribution is -2.49. The van der Waals surface area contributed by atoms with E-state index in [1.54, 1.807) is 0 Å². The van der Waals surface area contributed by atoms with E-state index in [-0.39, 0.29) is 0 Å². The van der Waals surface area contributed by atoms with Gasteiger partial charge in [-0.3, -0.25) is 0 Å². The average molecular weight is 228 g/mol. The summed E-state index contributed by atoms with van der Waals surface area (Å²) in [6.07, 6.45) is 5.09. The minimum Gasteiger partial charge on any atom is -0.388 e. The van der Waals surface area contributed by atoms with Crippen molar-refractivity contribution in [3.63, 3.8) is 0 Å². The molecule has 1 rings (SSSR count). The molecule has 0 aromatic heterocycles. The summed E-state index contributed by atoms with van der Waals surface area (Å²) in [6.45, 7) is 9.71. The average Bonchev–Trinajstić information content (AvgIpc) is 2.30. The first-order chi connectivity index (χ1) is 7.47. The quantitative estimate of drug-likeness (QED) is 0.751. The van der Waals surface area contributed by atoms with Crippen molar-refractivity contribution in [2.75, 3.05) is 26.2 Å². The molecule has 0 aromatic rings. The maximum atomic E-state index is 9.95. The van der Waals surface area contributed by atoms with Gasteiger partial charge in [0.1, 0.15) is 0 Å². The van der Waals surface area contributed by atoms with Gasteiger partial charge < -0.3 is 15.7 Å². The second-order valence-electron chi connectivity index (χ2n) is 5.68. The zero-order chi connectivity index (χ0) is 12.2. The number of aliphatic hydroxyl groups is 1. The predicted octanol–water partition coefficient (Wildman–Crippen LogP) is 1.60. The van der Waals surface area contributed by atoms with Crippen LogP contribution in [0.2, 0.25) is 0 Å². The lowest BCUT2D eigenvalue weighted by Gasteiger charge is -2.42. The highest BCUT2D eigenvalue weighted by Gasteiger charge is 2.33. The highest BCUT2D eigenvalue weighted by Crippen LogP contribution is 2.37. The van der Waals surface area contributed by atoms with E-state index in [2.05, 4.69) is 18.7 Å². The maximum Gasteiger partial charge on any atom is 0.0867 e. The monoisotopic (exact) mass is 228 g/mol. The van der Waals surface area contributed by atoms with Gasteiger partial charge in [-0.2, -0.15) is 0 Å². The van der Waals surface area contributed by atoms with Gasteiger partial charge in [-0.1, -0.05) is 26.7 Å². The Balaban J connectivity index is 2.43. The van der Waals surface area contributed by atoms with Crippen LogP contribution in [0.25, 0.3) is 0 Å². The molecule has 1 heterocycles. The van der Waals surface area contributed by atoms with Gasteiger partial charge >= 0.3 is 0 Å². The van der Waals surface area contributed by atoms with Crippen LogP contribution < -0.4 is 5.73 Å². The van der Waals surface area contributed by atoms with Crippen LogP contribution in [0, 0.1) is 5.41 Å². The fourth-order valence-electron chi connectivity index (χ4n) is 2.69. The first-order valence-corrected chi connectivity index (χ1v) is 6.62. The highest BCUT2D eigenvalue weighted by molar-refractivity contribution is 4.87. The molecule has 0 radical (unpaired) electrons. The Hall–Kier alpha value is -0.120. The number of rotatable bonds is 5. The van der Waals surface area contributed by atoms with E-state index in [4.69, 9.17) is 5.73 Å². The van der Waals surface area contributed by atoms with Crippen LogP contribution in [0.5, 0.6) is 0 Å². The molecule has 1 saturated heterocycles. The molecule has 3 N–H and O–H groups in total. The minimum atomic E-state index is -0.724. The van der Waals surface area contributed by atoms with Crippen LogP contribution in [0.1, 0.15) is 46.5 Å². The van der Waals surface area contributed by atoms with Gasteiger partial charge in [0.2, 0.25) is 0 Å². The summed E-state index contributed by atoms with van der Waals surface area (Å²) in [6, 6.07) is 0. The molecule has 0 bridgehead atoms. The molecule has 3 nitrogen and oxygen atoms in total. The summed E-state index contributed by atoms with van der Waals surface area (Å²) >= 11 is 0. The zero-order valence-electron chi connectivity index (χ0n) is 11.1. The molecule has 96 valence electrons. The summed E-state index contributed by atoms with van der Waals surface area (Å²) in [4.78, 5) is 2.36. The molecule has 1 aliphatic heterocycles. The van der Waals surface area contributed by atoms with E-state index >= 15 is 0 Å². The van der Waals surface area contributed by atoms with Crippen LogP contribution in [-0.4, -0.2) is 41.8 Å². The van der Waals surface area contributed by atoms with Crippen molar-refractivity contribution in [2.45, 2.75) is 52.1 Å². The third-order valence-corrected chi connectivity index (χ3v) is 4.42. The molecule has 16 heavy (non-hydrogen) atoms. The number of β-amino-alcohol motifs (C(OH)–C–C–N with tert-alkyl or cyclic N) is 1. The van der Waals surface area contributed by atoms with Gasteiger partial charge in [0, 0.05) is 13.1 Å².